The molecule has 1 saturated heterocycles. The fourth-order valence-electron chi connectivity index (χ4n) is 2.15. The average molecular weight is 331 g/mol. The minimum Gasteiger partial charge on any atom is -0.319 e. The highest BCUT2D eigenvalue weighted by molar-refractivity contribution is 7.90. The summed E-state index contributed by atoms with van der Waals surface area (Å²) in [7, 11) is -3.26. The minimum atomic E-state index is -3.26. The lowest BCUT2D eigenvalue weighted by Gasteiger charge is -2.22. The first-order valence-electron chi connectivity index (χ1n) is 6.21. The molecule has 8 heteroatoms. The molecule has 1 fully saturated rings. The molecule has 114 valence electrons. The van der Waals surface area contributed by atoms with Crippen LogP contribution in [0.5, 0.6) is 0 Å². The van der Waals surface area contributed by atoms with Gasteiger partial charge in [-0.25, -0.2) is 13.2 Å². The number of sulfone groups is 1. The summed E-state index contributed by atoms with van der Waals surface area (Å²) >= 11 is 5.91. The predicted molar refractivity (Wildman–Crippen MR) is 78.8 cm³/mol. The maximum absolute atomic E-state index is 12.5. The molecule has 1 N–H and O–H groups in total. The number of halogens is 1. The van der Waals surface area contributed by atoms with Gasteiger partial charge in [0.25, 0.3) is 5.91 Å². The number of rotatable bonds is 4. The monoisotopic (exact) mass is 330 g/mol. The second-order valence-electron chi connectivity index (χ2n) is 5.15. The van der Waals surface area contributed by atoms with Crippen LogP contribution in [0, 0.1) is 0 Å². The molecular formula is C13H15ClN2O4S. The Bertz CT molecular complexity index is 704. The van der Waals surface area contributed by atoms with Crippen LogP contribution in [0.15, 0.2) is 24.3 Å². The van der Waals surface area contributed by atoms with Gasteiger partial charge < -0.3 is 5.32 Å². The van der Waals surface area contributed by atoms with Crippen molar-refractivity contribution in [1.82, 2.24) is 10.2 Å². The van der Waals surface area contributed by atoms with E-state index in [1.807, 2.05) is 0 Å². The number of urea groups is 1. The summed E-state index contributed by atoms with van der Waals surface area (Å²) in [6.07, 6.45) is 1.06. The van der Waals surface area contributed by atoms with Gasteiger partial charge in [0.1, 0.15) is 15.4 Å². The van der Waals surface area contributed by atoms with Crippen molar-refractivity contribution >= 4 is 33.4 Å². The van der Waals surface area contributed by atoms with Crippen LogP contribution < -0.4 is 5.32 Å². The number of imide groups is 1. The summed E-state index contributed by atoms with van der Waals surface area (Å²) in [5, 5.41) is 3.04. The van der Waals surface area contributed by atoms with Crippen LogP contribution in [0.4, 0.5) is 4.79 Å². The number of benzene rings is 1. The van der Waals surface area contributed by atoms with Crippen LogP contribution in [0.25, 0.3) is 0 Å². The van der Waals surface area contributed by atoms with E-state index < -0.39 is 27.3 Å². The Morgan fingerprint density at radius 2 is 2.00 bits per heavy atom. The fourth-order valence-corrected chi connectivity index (χ4v) is 2.86. The second kappa shape index (κ2) is 5.31. The molecule has 1 atom stereocenters. The number of nitrogens with zero attached hydrogens (tertiary/aromatic N) is 1. The lowest BCUT2D eigenvalue weighted by Crippen LogP contribution is -2.41. The van der Waals surface area contributed by atoms with E-state index in [2.05, 4.69) is 5.32 Å². The largest absolute Gasteiger partial charge is 0.325 e. The van der Waals surface area contributed by atoms with Crippen LogP contribution in [-0.4, -0.2) is 43.8 Å². The first-order valence-corrected chi connectivity index (χ1v) is 8.65. The molecule has 2 rings (SSSR count). The first kappa shape index (κ1) is 15.8. The van der Waals surface area contributed by atoms with E-state index in [-0.39, 0.29) is 12.3 Å². The van der Waals surface area contributed by atoms with Crippen LogP contribution in [0.1, 0.15) is 12.5 Å². The van der Waals surface area contributed by atoms with Crippen LogP contribution >= 0.6 is 11.6 Å². The van der Waals surface area contributed by atoms with E-state index in [0.717, 1.165) is 11.2 Å². The van der Waals surface area contributed by atoms with Gasteiger partial charge in [-0.05, 0) is 24.6 Å². The number of carbonyl (C=O) groups excluding carboxylic acids is 2. The van der Waals surface area contributed by atoms with Gasteiger partial charge in [0.15, 0.2) is 0 Å². The Kier molecular flexibility index (Phi) is 3.99. The minimum absolute atomic E-state index is 0.167. The lowest BCUT2D eigenvalue weighted by molar-refractivity contribution is -0.130. The average Bonchev–Trinajstić information content (AvgIpc) is 2.58. The zero-order chi connectivity index (χ0) is 15.8. The molecular weight excluding hydrogens is 316 g/mol. The number of hydrogen-bond donors (Lipinski definition) is 1. The van der Waals surface area contributed by atoms with Crippen molar-refractivity contribution in [2.45, 2.75) is 12.5 Å². The molecule has 21 heavy (non-hydrogen) atoms. The Balaban J connectivity index is 2.28. The van der Waals surface area contributed by atoms with Gasteiger partial charge in [-0.1, -0.05) is 23.7 Å². The molecule has 1 aromatic rings. The van der Waals surface area contributed by atoms with E-state index in [4.69, 9.17) is 11.6 Å². The molecule has 0 saturated carbocycles. The van der Waals surface area contributed by atoms with Gasteiger partial charge in [0.05, 0.1) is 5.75 Å². The van der Waals surface area contributed by atoms with Gasteiger partial charge >= 0.3 is 6.03 Å². The molecule has 1 aromatic carbocycles. The fraction of sp³-hybridized carbons (Fsp3) is 0.385. The molecule has 1 aliphatic heterocycles. The van der Waals surface area contributed by atoms with Gasteiger partial charge in [0, 0.05) is 17.8 Å². The smallest absolute Gasteiger partial charge is 0.319 e. The van der Waals surface area contributed by atoms with Crippen LogP contribution in [0.3, 0.4) is 0 Å². The standard InChI is InChI=1S/C13H15ClN2O4S/c1-13(9-4-3-5-10(14)8-9)11(17)16(12(18)15-13)6-7-21(2,19)20/h3-5,8H,6-7H2,1-2H3,(H,15,18). The Labute approximate surface area is 128 Å². The number of hydrogen-bond acceptors (Lipinski definition) is 4. The topological polar surface area (TPSA) is 83.6 Å². The van der Waals surface area contributed by atoms with Gasteiger partial charge in [0.2, 0.25) is 0 Å². The molecule has 1 aliphatic rings. The highest BCUT2D eigenvalue weighted by Gasteiger charge is 2.48. The molecule has 0 aliphatic carbocycles. The summed E-state index contributed by atoms with van der Waals surface area (Å²) in [4.78, 5) is 25.3. The maximum Gasteiger partial charge on any atom is 0.325 e. The SMILES string of the molecule is CC1(c2cccc(Cl)c2)NC(=O)N(CCS(C)(=O)=O)C1=O. The molecule has 6 nitrogen and oxygen atoms in total. The molecule has 0 spiro atoms. The number of nitrogens with one attached hydrogen (secondary N) is 1. The van der Waals surface area contributed by atoms with Gasteiger partial charge in [-0.15, -0.1) is 0 Å². The van der Waals surface area contributed by atoms with Crippen LogP contribution in [0.2, 0.25) is 5.02 Å². The van der Waals surface area contributed by atoms with Crippen molar-refractivity contribution in [3.8, 4) is 0 Å². The third-order valence-corrected chi connectivity index (χ3v) is 4.52. The van der Waals surface area contributed by atoms with Crippen molar-refractivity contribution < 1.29 is 18.0 Å². The first-order chi connectivity index (χ1) is 9.63. The maximum atomic E-state index is 12.5. The number of carbonyl (C=O) groups is 2. The van der Waals surface area contributed by atoms with E-state index in [0.29, 0.717) is 10.6 Å². The second-order valence-corrected chi connectivity index (χ2v) is 7.85. The summed E-state index contributed by atoms with van der Waals surface area (Å²) in [6.45, 7) is 1.40. The summed E-state index contributed by atoms with van der Waals surface area (Å²) < 4.78 is 22.4. The third-order valence-electron chi connectivity index (χ3n) is 3.36. The quantitative estimate of drug-likeness (QED) is 0.839. The molecule has 3 amide bonds. The van der Waals surface area contributed by atoms with Crippen LogP contribution in [-0.2, 0) is 20.2 Å². The van der Waals surface area contributed by atoms with E-state index in [1.54, 1.807) is 31.2 Å². The Morgan fingerprint density at radius 1 is 1.33 bits per heavy atom. The van der Waals surface area contributed by atoms with E-state index in [1.165, 1.54) is 0 Å². The summed E-state index contributed by atoms with van der Waals surface area (Å²) in [5.74, 6) is -0.754. The van der Waals surface area contributed by atoms with E-state index >= 15 is 0 Å². The zero-order valence-electron chi connectivity index (χ0n) is 11.6. The zero-order valence-corrected chi connectivity index (χ0v) is 13.2. The Morgan fingerprint density at radius 3 is 2.57 bits per heavy atom. The highest BCUT2D eigenvalue weighted by Crippen LogP contribution is 2.30. The molecule has 0 bridgehead atoms. The molecule has 0 radical (unpaired) electrons. The normalized spacial score (nSPS) is 22.5. The predicted octanol–water partition coefficient (Wildman–Crippen LogP) is 1.15. The lowest BCUT2D eigenvalue weighted by atomic mass is 9.92. The molecule has 1 unspecified atom stereocenters. The van der Waals surface area contributed by atoms with Crippen molar-refractivity contribution in [2.75, 3.05) is 18.6 Å². The van der Waals surface area contributed by atoms with E-state index in [9.17, 15) is 18.0 Å². The van der Waals surface area contributed by atoms with Crippen molar-refractivity contribution in [2.24, 2.45) is 0 Å². The Hall–Kier alpha value is -1.60. The molecule has 0 aromatic heterocycles. The van der Waals surface area contributed by atoms with Crippen molar-refractivity contribution in [3.63, 3.8) is 0 Å². The summed E-state index contributed by atoms with van der Waals surface area (Å²) in [5.41, 5.74) is -0.686. The number of amides is 3. The molecule has 1 heterocycles. The van der Waals surface area contributed by atoms with Crippen molar-refractivity contribution in [3.05, 3.63) is 34.9 Å². The van der Waals surface area contributed by atoms with Gasteiger partial charge in [-0.3, -0.25) is 9.69 Å². The van der Waals surface area contributed by atoms with Crippen molar-refractivity contribution in [1.29, 1.82) is 0 Å². The third kappa shape index (κ3) is 3.19. The summed E-state index contributed by atoms with van der Waals surface area (Å²) in [6, 6.07) is 6.02. The highest BCUT2D eigenvalue weighted by atomic mass is 35.5. The van der Waals surface area contributed by atoms with Gasteiger partial charge in [-0.2, -0.15) is 0 Å².